The number of carbonyl (C=O) groups excluding carboxylic acids is 1. The highest BCUT2D eigenvalue weighted by atomic mass is 16.5. The topological polar surface area (TPSA) is 87.1 Å². The summed E-state index contributed by atoms with van der Waals surface area (Å²) in [7, 11) is 0. The van der Waals surface area contributed by atoms with Gasteiger partial charge in [0.2, 0.25) is 0 Å². The van der Waals surface area contributed by atoms with Gasteiger partial charge >= 0.3 is 0 Å². The molecule has 1 aromatic heterocycles. The summed E-state index contributed by atoms with van der Waals surface area (Å²) < 4.78 is 11.4. The van der Waals surface area contributed by atoms with Crippen LogP contribution in [-0.2, 0) is 11.3 Å². The number of H-pyrrole nitrogens is 1. The van der Waals surface area contributed by atoms with Crippen molar-refractivity contribution < 1.29 is 14.3 Å². The van der Waals surface area contributed by atoms with Crippen molar-refractivity contribution >= 4 is 5.91 Å². The van der Waals surface area contributed by atoms with Crippen molar-refractivity contribution in [2.75, 3.05) is 13.2 Å². The Morgan fingerprint density at radius 2 is 2.38 bits per heavy atom. The summed E-state index contributed by atoms with van der Waals surface area (Å²) in [5.41, 5.74) is 2.81. The first-order valence-corrected chi connectivity index (χ1v) is 7.86. The van der Waals surface area contributed by atoms with Crippen LogP contribution in [0.4, 0.5) is 0 Å². The molecule has 124 valence electrons. The van der Waals surface area contributed by atoms with E-state index in [4.69, 9.17) is 14.7 Å². The molecular formula is C18H19N3O3. The second-order valence-electron chi connectivity index (χ2n) is 5.81. The van der Waals surface area contributed by atoms with E-state index in [0.29, 0.717) is 24.4 Å². The molecule has 1 amide bonds. The standard InChI is InChI=1S/C18H19N3O3/c1-12-2-3-14(17(6-12)24-15-4-5-23-11-15)10-21-18(22)16-7-13(8-19)9-20-16/h2-3,6-7,9,15,20H,4-5,10-11H2,1H3,(H,21,22)/t15-/m0/s1. The highest BCUT2D eigenvalue weighted by molar-refractivity contribution is 5.92. The highest BCUT2D eigenvalue weighted by Crippen LogP contribution is 2.23. The number of ether oxygens (including phenoxy) is 2. The quantitative estimate of drug-likeness (QED) is 0.883. The Balaban J connectivity index is 1.67. The van der Waals surface area contributed by atoms with E-state index in [2.05, 4.69) is 10.3 Å². The van der Waals surface area contributed by atoms with Crippen molar-refractivity contribution in [3.63, 3.8) is 0 Å². The third-order valence-corrected chi connectivity index (χ3v) is 3.90. The summed E-state index contributed by atoms with van der Waals surface area (Å²) in [6.45, 7) is 3.67. The van der Waals surface area contributed by atoms with Crippen molar-refractivity contribution in [2.24, 2.45) is 0 Å². The largest absolute Gasteiger partial charge is 0.488 e. The second kappa shape index (κ2) is 7.20. The van der Waals surface area contributed by atoms with Gasteiger partial charge in [-0.3, -0.25) is 4.79 Å². The van der Waals surface area contributed by atoms with Gasteiger partial charge in [0, 0.05) is 24.7 Å². The van der Waals surface area contributed by atoms with E-state index >= 15 is 0 Å². The minimum atomic E-state index is -0.257. The lowest BCUT2D eigenvalue weighted by molar-refractivity contribution is 0.0945. The summed E-state index contributed by atoms with van der Waals surface area (Å²) in [5, 5.41) is 11.7. The van der Waals surface area contributed by atoms with Gasteiger partial charge in [-0.25, -0.2) is 0 Å². The van der Waals surface area contributed by atoms with Gasteiger partial charge in [0.25, 0.3) is 5.91 Å². The molecule has 6 nitrogen and oxygen atoms in total. The lowest BCUT2D eigenvalue weighted by Crippen LogP contribution is -2.24. The number of aromatic amines is 1. The molecule has 0 spiro atoms. The van der Waals surface area contributed by atoms with E-state index in [1.54, 1.807) is 0 Å². The third-order valence-electron chi connectivity index (χ3n) is 3.90. The van der Waals surface area contributed by atoms with Gasteiger partial charge in [-0.2, -0.15) is 5.26 Å². The average molecular weight is 325 g/mol. The molecule has 1 aliphatic heterocycles. The number of aromatic nitrogens is 1. The molecular weight excluding hydrogens is 306 g/mol. The Morgan fingerprint density at radius 3 is 3.08 bits per heavy atom. The zero-order valence-corrected chi connectivity index (χ0v) is 13.5. The number of nitriles is 1. The number of aryl methyl sites for hydroxylation is 1. The van der Waals surface area contributed by atoms with Crippen LogP contribution in [0.2, 0.25) is 0 Å². The minimum absolute atomic E-state index is 0.0582. The Hall–Kier alpha value is -2.78. The van der Waals surface area contributed by atoms with Gasteiger partial charge < -0.3 is 19.8 Å². The smallest absolute Gasteiger partial charge is 0.268 e. The predicted molar refractivity (Wildman–Crippen MR) is 87.7 cm³/mol. The van der Waals surface area contributed by atoms with E-state index in [0.717, 1.165) is 29.9 Å². The number of rotatable bonds is 5. The molecule has 0 unspecified atom stereocenters. The summed E-state index contributed by atoms with van der Waals surface area (Å²) in [4.78, 5) is 15.0. The van der Waals surface area contributed by atoms with Crippen LogP contribution in [-0.4, -0.2) is 30.2 Å². The number of nitrogens with zero attached hydrogens (tertiary/aromatic N) is 1. The number of amides is 1. The van der Waals surface area contributed by atoms with Gasteiger partial charge in [-0.05, 0) is 24.6 Å². The van der Waals surface area contributed by atoms with Gasteiger partial charge in [-0.15, -0.1) is 0 Å². The monoisotopic (exact) mass is 325 g/mol. The van der Waals surface area contributed by atoms with E-state index in [1.165, 1.54) is 12.3 Å². The molecule has 0 radical (unpaired) electrons. The van der Waals surface area contributed by atoms with Crippen molar-refractivity contribution in [3.05, 3.63) is 52.8 Å². The van der Waals surface area contributed by atoms with Crippen LogP contribution in [0, 0.1) is 18.3 Å². The molecule has 2 aromatic rings. The Bertz CT molecular complexity index is 770. The third kappa shape index (κ3) is 3.76. The zero-order chi connectivity index (χ0) is 16.9. The summed E-state index contributed by atoms with van der Waals surface area (Å²) in [6, 6.07) is 9.43. The van der Waals surface area contributed by atoms with Crippen LogP contribution >= 0.6 is 0 Å². The van der Waals surface area contributed by atoms with Crippen molar-refractivity contribution in [1.82, 2.24) is 10.3 Å². The van der Waals surface area contributed by atoms with Gasteiger partial charge in [-0.1, -0.05) is 12.1 Å². The molecule has 2 heterocycles. The molecule has 1 aromatic carbocycles. The van der Waals surface area contributed by atoms with Gasteiger partial charge in [0.05, 0.1) is 18.8 Å². The first kappa shape index (κ1) is 16.1. The maximum atomic E-state index is 12.2. The van der Waals surface area contributed by atoms with Crippen LogP contribution in [0.25, 0.3) is 0 Å². The highest BCUT2D eigenvalue weighted by Gasteiger charge is 2.19. The molecule has 0 aliphatic carbocycles. The van der Waals surface area contributed by atoms with Crippen LogP contribution in [0.5, 0.6) is 5.75 Å². The molecule has 1 saturated heterocycles. The van der Waals surface area contributed by atoms with Crippen LogP contribution in [0.1, 0.15) is 33.6 Å². The number of nitrogens with one attached hydrogen (secondary N) is 2. The number of hydrogen-bond donors (Lipinski definition) is 2. The summed E-state index contributed by atoms with van der Waals surface area (Å²) in [5.74, 6) is 0.516. The fraction of sp³-hybridized carbons (Fsp3) is 0.333. The van der Waals surface area contributed by atoms with E-state index in [9.17, 15) is 4.79 Å². The molecule has 0 saturated carbocycles. The lowest BCUT2D eigenvalue weighted by Gasteiger charge is -2.16. The van der Waals surface area contributed by atoms with Crippen molar-refractivity contribution in [1.29, 1.82) is 5.26 Å². The molecule has 24 heavy (non-hydrogen) atoms. The molecule has 3 rings (SSSR count). The number of benzene rings is 1. The summed E-state index contributed by atoms with van der Waals surface area (Å²) in [6.07, 6.45) is 2.44. The predicted octanol–water partition coefficient (Wildman–Crippen LogP) is 2.29. The average Bonchev–Trinajstić information content (AvgIpc) is 3.25. The van der Waals surface area contributed by atoms with E-state index in [1.807, 2.05) is 31.2 Å². The Labute approximate surface area is 140 Å². The van der Waals surface area contributed by atoms with Crippen LogP contribution in [0.15, 0.2) is 30.5 Å². The molecule has 1 aliphatic rings. The van der Waals surface area contributed by atoms with Gasteiger partial charge in [0.15, 0.2) is 0 Å². The number of hydrogen-bond acceptors (Lipinski definition) is 4. The van der Waals surface area contributed by atoms with Crippen LogP contribution < -0.4 is 10.1 Å². The fourth-order valence-corrected chi connectivity index (χ4v) is 2.56. The molecule has 6 heteroatoms. The molecule has 1 fully saturated rings. The minimum Gasteiger partial charge on any atom is -0.488 e. The second-order valence-corrected chi connectivity index (χ2v) is 5.81. The number of carbonyl (C=O) groups is 1. The maximum absolute atomic E-state index is 12.2. The summed E-state index contributed by atoms with van der Waals surface area (Å²) >= 11 is 0. The normalized spacial score (nSPS) is 16.6. The Morgan fingerprint density at radius 1 is 1.50 bits per heavy atom. The van der Waals surface area contributed by atoms with E-state index in [-0.39, 0.29) is 12.0 Å². The van der Waals surface area contributed by atoms with Gasteiger partial charge in [0.1, 0.15) is 23.6 Å². The Kier molecular flexibility index (Phi) is 4.82. The van der Waals surface area contributed by atoms with Crippen LogP contribution in [0.3, 0.4) is 0 Å². The SMILES string of the molecule is Cc1ccc(CNC(=O)c2cc(C#N)c[nH]2)c(O[C@H]2CCOC2)c1. The lowest BCUT2D eigenvalue weighted by atomic mass is 10.1. The molecule has 1 atom stereocenters. The van der Waals surface area contributed by atoms with E-state index < -0.39 is 0 Å². The fourth-order valence-electron chi connectivity index (χ4n) is 2.56. The van der Waals surface area contributed by atoms with Crippen molar-refractivity contribution in [2.45, 2.75) is 26.0 Å². The van der Waals surface area contributed by atoms with Crippen molar-refractivity contribution in [3.8, 4) is 11.8 Å². The molecule has 2 N–H and O–H groups in total. The molecule has 0 bridgehead atoms. The first-order valence-electron chi connectivity index (χ1n) is 7.86. The maximum Gasteiger partial charge on any atom is 0.268 e. The zero-order valence-electron chi connectivity index (χ0n) is 13.5. The first-order chi connectivity index (χ1) is 11.7.